The van der Waals surface area contributed by atoms with Gasteiger partial charge in [-0.05, 0) is 58.7 Å². The fourth-order valence-electron chi connectivity index (χ4n) is 3.51. The van der Waals surface area contributed by atoms with Crippen LogP contribution >= 0.6 is 38.9 Å². The van der Waals surface area contributed by atoms with E-state index in [9.17, 15) is 14.7 Å². The summed E-state index contributed by atoms with van der Waals surface area (Å²) >= 11 is 10.8. The molecule has 0 spiro atoms. The van der Waals surface area contributed by atoms with Crippen molar-refractivity contribution in [2.75, 3.05) is 4.90 Å². The molecule has 4 rings (SSSR count). The van der Waals surface area contributed by atoms with Crippen molar-refractivity contribution < 1.29 is 14.7 Å². The molecule has 1 amide bonds. The number of thiophene rings is 1. The first-order chi connectivity index (χ1) is 13.8. The van der Waals surface area contributed by atoms with E-state index in [1.807, 2.05) is 31.2 Å². The molecule has 0 radical (unpaired) electrons. The van der Waals surface area contributed by atoms with E-state index in [-0.39, 0.29) is 12.2 Å². The van der Waals surface area contributed by atoms with Crippen molar-refractivity contribution in [2.45, 2.75) is 25.5 Å². The summed E-state index contributed by atoms with van der Waals surface area (Å²) in [6.07, 6.45) is -0.337. The summed E-state index contributed by atoms with van der Waals surface area (Å²) < 4.78 is 0.815. The standard InChI is InChI=1S/C22H17BrClNO3S/c1-13-2-4-14(5-3-13)12-25-17-7-6-15(24)10-16(17)22(28,21(25)27)11-18(26)19-8-9-20(23)29-19/h2-10,28H,11-12H2,1H3/t22-/m0/s1. The molecule has 2 aromatic carbocycles. The zero-order valence-corrected chi connectivity index (χ0v) is 18.6. The SMILES string of the molecule is Cc1ccc(CN2C(=O)[C@](O)(CC(=O)c3ccc(Br)s3)c3cc(Cl)ccc32)cc1. The van der Waals surface area contributed by atoms with Gasteiger partial charge in [0.25, 0.3) is 5.91 Å². The zero-order valence-electron chi connectivity index (χ0n) is 15.5. The Balaban J connectivity index is 1.71. The summed E-state index contributed by atoms with van der Waals surface area (Å²) in [6.45, 7) is 2.30. The summed E-state index contributed by atoms with van der Waals surface area (Å²) in [6, 6.07) is 16.3. The number of anilines is 1. The fourth-order valence-corrected chi connectivity index (χ4v) is 5.01. The summed E-state index contributed by atoms with van der Waals surface area (Å²) in [5.74, 6) is -0.807. The molecular formula is C22H17BrClNO3S. The molecule has 29 heavy (non-hydrogen) atoms. The molecule has 1 atom stereocenters. The lowest BCUT2D eigenvalue weighted by atomic mass is 9.89. The van der Waals surface area contributed by atoms with Crippen molar-refractivity contribution >= 4 is 56.2 Å². The molecule has 1 aromatic heterocycles. The van der Waals surface area contributed by atoms with E-state index in [1.165, 1.54) is 16.2 Å². The smallest absolute Gasteiger partial charge is 0.264 e. The molecule has 0 fully saturated rings. The maximum atomic E-state index is 13.3. The number of benzene rings is 2. The van der Waals surface area contributed by atoms with Crippen LogP contribution in [0.4, 0.5) is 5.69 Å². The van der Waals surface area contributed by atoms with Crippen LogP contribution in [0.1, 0.15) is 32.8 Å². The number of aryl methyl sites for hydroxylation is 1. The minimum Gasteiger partial charge on any atom is -0.375 e. The maximum Gasteiger partial charge on any atom is 0.264 e. The second-order valence-corrected chi connectivity index (χ2v) is 10.0. The number of fused-ring (bicyclic) bond motifs is 1. The highest BCUT2D eigenvalue weighted by molar-refractivity contribution is 9.11. The van der Waals surface area contributed by atoms with Gasteiger partial charge in [0.2, 0.25) is 0 Å². The second kappa shape index (κ2) is 7.69. The van der Waals surface area contributed by atoms with Gasteiger partial charge < -0.3 is 10.0 Å². The van der Waals surface area contributed by atoms with E-state index in [4.69, 9.17) is 11.6 Å². The minimum atomic E-state index is -1.95. The molecule has 2 heterocycles. The van der Waals surface area contributed by atoms with E-state index in [0.717, 1.165) is 14.9 Å². The van der Waals surface area contributed by atoms with Crippen LogP contribution < -0.4 is 4.90 Å². The Morgan fingerprint density at radius 1 is 1.17 bits per heavy atom. The van der Waals surface area contributed by atoms with Gasteiger partial charge in [-0.3, -0.25) is 9.59 Å². The Morgan fingerprint density at radius 3 is 2.55 bits per heavy atom. The third-order valence-corrected chi connectivity index (χ3v) is 6.92. The van der Waals surface area contributed by atoms with Crippen LogP contribution in [0.5, 0.6) is 0 Å². The lowest BCUT2D eigenvalue weighted by Gasteiger charge is -2.22. The van der Waals surface area contributed by atoms with Crippen molar-refractivity contribution in [3.8, 4) is 0 Å². The van der Waals surface area contributed by atoms with Crippen LogP contribution in [0.3, 0.4) is 0 Å². The largest absolute Gasteiger partial charge is 0.375 e. The van der Waals surface area contributed by atoms with Crippen molar-refractivity contribution in [2.24, 2.45) is 0 Å². The van der Waals surface area contributed by atoms with Gasteiger partial charge in [0.1, 0.15) is 0 Å². The molecule has 0 unspecified atom stereocenters. The lowest BCUT2D eigenvalue weighted by Crippen LogP contribution is -2.41. The average molecular weight is 491 g/mol. The molecule has 3 aromatic rings. The van der Waals surface area contributed by atoms with Crippen LogP contribution in [0.2, 0.25) is 5.02 Å². The summed E-state index contributed by atoms with van der Waals surface area (Å²) in [4.78, 5) is 28.1. The predicted octanol–water partition coefficient (Wildman–Crippen LogP) is 5.48. The van der Waals surface area contributed by atoms with Crippen LogP contribution in [0.25, 0.3) is 0 Å². The van der Waals surface area contributed by atoms with Gasteiger partial charge in [-0.25, -0.2) is 0 Å². The Kier molecular flexibility index (Phi) is 5.38. The number of Topliss-reactive ketones (excluding diaryl/α,β-unsaturated/α-hetero) is 1. The van der Waals surface area contributed by atoms with Gasteiger partial charge in [0.15, 0.2) is 11.4 Å². The first kappa shape index (κ1) is 20.3. The molecular weight excluding hydrogens is 474 g/mol. The third-order valence-electron chi connectivity index (χ3n) is 5.02. The molecule has 4 nitrogen and oxygen atoms in total. The summed E-state index contributed by atoms with van der Waals surface area (Å²) in [7, 11) is 0. The van der Waals surface area contributed by atoms with Crippen LogP contribution in [-0.2, 0) is 16.9 Å². The monoisotopic (exact) mass is 489 g/mol. The molecule has 0 saturated carbocycles. The minimum absolute atomic E-state index is 0.292. The van der Waals surface area contributed by atoms with Gasteiger partial charge in [0, 0.05) is 10.6 Å². The third kappa shape index (κ3) is 3.78. The highest BCUT2D eigenvalue weighted by Crippen LogP contribution is 2.45. The van der Waals surface area contributed by atoms with Gasteiger partial charge in [-0.2, -0.15) is 0 Å². The second-order valence-electron chi connectivity index (χ2n) is 7.10. The number of hydrogen-bond acceptors (Lipinski definition) is 4. The zero-order chi connectivity index (χ0) is 20.8. The van der Waals surface area contributed by atoms with E-state index in [1.54, 1.807) is 30.3 Å². The number of carbonyl (C=O) groups is 2. The summed E-state index contributed by atoms with van der Waals surface area (Å²) in [5, 5.41) is 11.8. The lowest BCUT2D eigenvalue weighted by molar-refractivity contribution is -0.136. The average Bonchev–Trinajstić information content (AvgIpc) is 3.20. The van der Waals surface area contributed by atoms with Gasteiger partial charge in [-0.15, -0.1) is 11.3 Å². The number of nitrogens with zero attached hydrogens (tertiary/aromatic N) is 1. The molecule has 7 heteroatoms. The maximum absolute atomic E-state index is 13.3. The topological polar surface area (TPSA) is 57.6 Å². The van der Waals surface area contributed by atoms with Crippen molar-refractivity contribution in [3.05, 3.63) is 85.0 Å². The van der Waals surface area contributed by atoms with E-state index >= 15 is 0 Å². The molecule has 0 bridgehead atoms. The van der Waals surface area contributed by atoms with Crippen molar-refractivity contribution in [3.63, 3.8) is 0 Å². The Morgan fingerprint density at radius 2 is 1.90 bits per heavy atom. The van der Waals surface area contributed by atoms with E-state index in [0.29, 0.717) is 27.7 Å². The number of rotatable bonds is 5. The number of aliphatic hydroxyl groups is 1. The molecule has 1 N–H and O–H groups in total. The molecule has 148 valence electrons. The van der Waals surface area contributed by atoms with E-state index in [2.05, 4.69) is 15.9 Å². The highest BCUT2D eigenvalue weighted by Gasteiger charge is 2.51. The summed E-state index contributed by atoms with van der Waals surface area (Å²) in [5.41, 5.74) is 1.05. The van der Waals surface area contributed by atoms with Gasteiger partial charge in [-0.1, -0.05) is 41.4 Å². The highest BCUT2D eigenvalue weighted by atomic mass is 79.9. The molecule has 0 saturated heterocycles. The number of carbonyl (C=O) groups excluding carboxylic acids is 2. The molecule has 1 aliphatic heterocycles. The van der Waals surface area contributed by atoms with Gasteiger partial charge >= 0.3 is 0 Å². The predicted molar refractivity (Wildman–Crippen MR) is 119 cm³/mol. The quantitative estimate of drug-likeness (QED) is 0.482. The first-order valence-electron chi connectivity index (χ1n) is 8.96. The normalized spacial score (nSPS) is 18.2. The molecule has 0 aliphatic carbocycles. The molecule has 1 aliphatic rings. The first-order valence-corrected chi connectivity index (χ1v) is 10.9. The number of amides is 1. The van der Waals surface area contributed by atoms with Gasteiger partial charge in [0.05, 0.1) is 27.3 Å². The fraction of sp³-hybridized carbons (Fsp3) is 0.182. The van der Waals surface area contributed by atoms with E-state index < -0.39 is 11.5 Å². The number of hydrogen-bond donors (Lipinski definition) is 1. The number of halogens is 2. The Labute approximate surface area is 185 Å². The Bertz CT molecular complexity index is 1110. The van der Waals surface area contributed by atoms with Crippen molar-refractivity contribution in [1.82, 2.24) is 0 Å². The van der Waals surface area contributed by atoms with Crippen molar-refractivity contribution in [1.29, 1.82) is 0 Å². The van der Waals surface area contributed by atoms with Crippen LogP contribution in [-0.4, -0.2) is 16.8 Å². The Hall–Kier alpha value is -1.99. The van der Waals surface area contributed by atoms with Crippen LogP contribution in [0.15, 0.2) is 58.4 Å². The number of ketones is 1. The van der Waals surface area contributed by atoms with Crippen LogP contribution in [0, 0.1) is 6.92 Å².